The molecule has 0 radical (unpaired) electrons. The lowest BCUT2D eigenvalue weighted by Gasteiger charge is -2.19. The average molecular weight is 664 g/mol. The molecule has 9 nitrogen and oxygen atoms in total. The molecule has 0 unspecified atom stereocenters. The Morgan fingerprint density at radius 3 is 0.882 bits per heavy atom. The fourth-order valence-corrected chi connectivity index (χ4v) is 7.22. The van der Waals surface area contributed by atoms with E-state index < -0.39 is 0 Å². The van der Waals surface area contributed by atoms with Crippen molar-refractivity contribution in [3.8, 4) is 0 Å². The maximum absolute atomic E-state index is 5.27. The maximum Gasteiger partial charge on any atom is 0.225 e. The second-order valence-corrected chi connectivity index (χ2v) is 12.9. The van der Waals surface area contributed by atoms with Gasteiger partial charge in [-0.25, -0.2) is 28.2 Å². The van der Waals surface area contributed by atoms with Crippen LogP contribution in [0.15, 0.2) is 146 Å². The van der Waals surface area contributed by atoms with Crippen molar-refractivity contribution >= 4 is 84.6 Å². The first-order valence-corrected chi connectivity index (χ1v) is 17.0. The molecule has 0 bridgehead atoms. The van der Waals surface area contributed by atoms with Crippen LogP contribution in [0, 0.1) is 0 Å². The van der Waals surface area contributed by atoms with E-state index in [0.29, 0.717) is 0 Å². The number of imidazole rings is 3. The standard InChI is InChI=1S/C42H33N9/c1-46(28-13-7-4-8-14-28)31-19-22-34-37(25-31)49-40(43-34)50-39-27-33(48(3)30-17-11-6-12-18-30)21-24-36(39)45-42(50)51-38-26-32(20-23-35(38)44-41(49)51)47(2)29-15-9-5-10-16-29/h4-27H,1-3H3. The molecule has 4 aromatic heterocycles. The first-order valence-electron chi connectivity index (χ1n) is 17.0. The number of hydrogen-bond acceptors (Lipinski definition) is 6. The topological polar surface area (TPSA) is 61.6 Å². The Kier molecular flexibility index (Phi) is 6.32. The normalized spacial score (nSPS) is 11.8. The fraction of sp³-hybridized carbons (Fsp3) is 0.0714. The molecule has 0 fully saturated rings. The number of para-hydroxylation sites is 3. The van der Waals surface area contributed by atoms with Crippen LogP contribution in [0.4, 0.5) is 34.1 Å². The Labute approximate surface area is 293 Å². The van der Waals surface area contributed by atoms with Crippen LogP contribution in [-0.4, -0.2) is 49.3 Å². The molecule has 246 valence electrons. The summed E-state index contributed by atoms with van der Waals surface area (Å²) >= 11 is 0. The maximum atomic E-state index is 5.27. The van der Waals surface area contributed by atoms with E-state index in [9.17, 15) is 0 Å². The summed E-state index contributed by atoms with van der Waals surface area (Å²) in [6.07, 6.45) is 0. The number of hydrogen-bond donors (Lipinski definition) is 0. The van der Waals surface area contributed by atoms with Gasteiger partial charge in [-0.3, -0.25) is 0 Å². The zero-order valence-electron chi connectivity index (χ0n) is 28.4. The SMILES string of the molecule is CN(c1ccccc1)c1ccc2nc3n(c2c1)c1nc2ccc(N(C)c4ccccc4)cc2n1c1nc2ccc(N(C)c4ccccc4)cc2n31. The van der Waals surface area contributed by atoms with E-state index in [2.05, 4.69) is 176 Å². The highest BCUT2D eigenvalue weighted by Crippen LogP contribution is 2.35. The monoisotopic (exact) mass is 663 g/mol. The van der Waals surface area contributed by atoms with Gasteiger partial charge in [0.05, 0.1) is 33.1 Å². The fourth-order valence-electron chi connectivity index (χ4n) is 7.22. The van der Waals surface area contributed by atoms with Gasteiger partial charge in [-0.2, -0.15) is 0 Å². The van der Waals surface area contributed by atoms with Gasteiger partial charge >= 0.3 is 0 Å². The van der Waals surface area contributed by atoms with E-state index in [4.69, 9.17) is 15.0 Å². The Hall–Kier alpha value is -6.87. The molecule has 0 saturated heterocycles. The Bertz CT molecular complexity index is 2560. The molecule has 6 aromatic carbocycles. The molecule has 0 N–H and O–H groups in total. The number of aromatic nitrogens is 6. The predicted octanol–water partition coefficient (Wildman–Crippen LogP) is 9.39. The van der Waals surface area contributed by atoms with Gasteiger partial charge in [-0.15, -0.1) is 0 Å². The van der Waals surface area contributed by atoms with Crippen LogP contribution in [0.5, 0.6) is 0 Å². The first-order chi connectivity index (χ1) is 25.0. The third-order valence-corrected chi connectivity index (χ3v) is 10.1. The van der Waals surface area contributed by atoms with E-state index in [1.165, 1.54) is 0 Å². The molecule has 9 heteroatoms. The molecule has 10 aromatic rings. The molecule has 0 saturated carbocycles. The number of fused-ring (bicyclic) bond motifs is 12. The van der Waals surface area contributed by atoms with Gasteiger partial charge in [-0.05, 0) is 91.0 Å². The first kappa shape index (κ1) is 29.1. The van der Waals surface area contributed by atoms with Gasteiger partial charge in [0.1, 0.15) is 0 Å². The van der Waals surface area contributed by atoms with Gasteiger partial charge in [0.2, 0.25) is 17.3 Å². The summed E-state index contributed by atoms with van der Waals surface area (Å²) in [6, 6.07) is 50.5. The van der Waals surface area contributed by atoms with Gasteiger partial charge in [0.25, 0.3) is 0 Å². The van der Waals surface area contributed by atoms with Crippen LogP contribution in [0.3, 0.4) is 0 Å². The quantitative estimate of drug-likeness (QED) is 0.177. The van der Waals surface area contributed by atoms with E-state index in [1.54, 1.807) is 0 Å². The summed E-state index contributed by atoms with van der Waals surface area (Å²) < 4.78 is 6.54. The van der Waals surface area contributed by atoms with Crippen LogP contribution >= 0.6 is 0 Å². The largest absolute Gasteiger partial charge is 0.345 e. The average Bonchev–Trinajstić information content (AvgIpc) is 3.88. The number of benzene rings is 6. The molecular formula is C42H33N9. The predicted molar refractivity (Wildman–Crippen MR) is 209 cm³/mol. The molecule has 0 atom stereocenters. The van der Waals surface area contributed by atoms with Crippen molar-refractivity contribution < 1.29 is 0 Å². The lowest BCUT2D eigenvalue weighted by molar-refractivity contribution is 1.01. The van der Waals surface area contributed by atoms with Crippen molar-refractivity contribution in [2.75, 3.05) is 35.8 Å². The highest BCUT2D eigenvalue weighted by atomic mass is 15.3. The van der Waals surface area contributed by atoms with Crippen molar-refractivity contribution in [3.05, 3.63) is 146 Å². The van der Waals surface area contributed by atoms with Gasteiger partial charge in [-0.1, -0.05) is 54.6 Å². The second-order valence-electron chi connectivity index (χ2n) is 12.9. The van der Waals surface area contributed by atoms with Crippen LogP contribution in [0.25, 0.3) is 50.4 Å². The van der Waals surface area contributed by atoms with Crippen molar-refractivity contribution in [3.63, 3.8) is 0 Å². The summed E-state index contributed by atoms with van der Waals surface area (Å²) in [5.74, 6) is 2.27. The Balaban J connectivity index is 1.29. The van der Waals surface area contributed by atoms with Crippen LogP contribution in [0.2, 0.25) is 0 Å². The van der Waals surface area contributed by atoms with Crippen LogP contribution in [-0.2, 0) is 0 Å². The lowest BCUT2D eigenvalue weighted by Crippen LogP contribution is -2.09. The van der Waals surface area contributed by atoms with Crippen molar-refractivity contribution in [1.29, 1.82) is 0 Å². The summed E-state index contributed by atoms with van der Waals surface area (Å²) in [4.78, 5) is 22.4. The van der Waals surface area contributed by atoms with Gasteiger partial charge in [0.15, 0.2) is 0 Å². The minimum absolute atomic E-state index is 0.756. The third kappa shape index (κ3) is 4.44. The van der Waals surface area contributed by atoms with E-state index in [0.717, 1.165) is 84.6 Å². The van der Waals surface area contributed by atoms with Crippen LogP contribution in [0.1, 0.15) is 0 Å². The Morgan fingerprint density at radius 1 is 0.333 bits per heavy atom. The van der Waals surface area contributed by atoms with E-state index >= 15 is 0 Å². The molecule has 0 aliphatic rings. The molecule has 0 aliphatic carbocycles. The molecular weight excluding hydrogens is 631 g/mol. The zero-order valence-corrected chi connectivity index (χ0v) is 28.4. The number of rotatable bonds is 6. The summed E-state index contributed by atoms with van der Waals surface area (Å²) in [6.45, 7) is 0. The van der Waals surface area contributed by atoms with Crippen molar-refractivity contribution in [1.82, 2.24) is 28.2 Å². The van der Waals surface area contributed by atoms with Crippen LogP contribution < -0.4 is 14.7 Å². The molecule has 0 aliphatic heterocycles. The minimum atomic E-state index is 0.756. The number of nitrogens with zero attached hydrogens (tertiary/aromatic N) is 9. The van der Waals surface area contributed by atoms with E-state index in [-0.39, 0.29) is 0 Å². The highest BCUT2D eigenvalue weighted by Gasteiger charge is 2.23. The molecule has 10 rings (SSSR count). The van der Waals surface area contributed by atoms with Gasteiger partial charge in [0, 0.05) is 55.3 Å². The lowest BCUT2D eigenvalue weighted by atomic mass is 10.2. The molecule has 0 amide bonds. The van der Waals surface area contributed by atoms with Crippen molar-refractivity contribution in [2.24, 2.45) is 0 Å². The summed E-state index contributed by atoms with van der Waals surface area (Å²) in [7, 11) is 6.28. The van der Waals surface area contributed by atoms with E-state index in [1.807, 2.05) is 18.2 Å². The van der Waals surface area contributed by atoms with Crippen molar-refractivity contribution in [2.45, 2.75) is 0 Å². The zero-order chi connectivity index (χ0) is 34.2. The molecule has 0 spiro atoms. The summed E-state index contributed by atoms with van der Waals surface area (Å²) in [5.41, 5.74) is 12.0. The molecule has 51 heavy (non-hydrogen) atoms. The second kappa shape index (κ2) is 11.1. The summed E-state index contributed by atoms with van der Waals surface area (Å²) in [5, 5.41) is 0. The highest BCUT2D eigenvalue weighted by molar-refractivity contribution is 5.94. The van der Waals surface area contributed by atoms with Gasteiger partial charge < -0.3 is 14.7 Å². The molecule has 4 heterocycles. The third-order valence-electron chi connectivity index (χ3n) is 10.1. The number of anilines is 6. The minimum Gasteiger partial charge on any atom is -0.345 e. The Morgan fingerprint density at radius 2 is 0.608 bits per heavy atom. The smallest absolute Gasteiger partial charge is 0.225 e.